The Morgan fingerprint density at radius 2 is 1.47 bits per heavy atom. The van der Waals surface area contributed by atoms with E-state index in [1.165, 1.54) is 4.90 Å². The van der Waals surface area contributed by atoms with Gasteiger partial charge in [0.1, 0.15) is 17.2 Å². The highest BCUT2D eigenvalue weighted by molar-refractivity contribution is 6.37. The molecule has 0 fully saturated rings. The Hall–Kier alpha value is -4.06. The number of benzene rings is 3. The normalized spacial score (nSPS) is 13.4. The Labute approximate surface area is 200 Å². The van der Waals surface area contributed by atoms with Crippen molar-refractivity contribution in [2.24, 2.45) is 0 Å². The summed E-state index contributed by atoms with van der Waals surface area (Å²) in [4.78, 5) is 30.7. The smallest absolute Gasteiger partial charge is 0.278 e. The molecule has 2 amide bonds. The minimum absolute atomic E-state index is 0.276. The highest BCUT2D eigenvalue weighted by Crippen LogP contribution is 2.37. The number of likely N-dealkylation sites (N-methyl/N-ethyl adjacent to an activating group) is 1. The molecule has 1 aliphatic rings. The van der Waals surface area contributed by atoms with Crippen molar-refractivity contribution in [2.45, 2.75) is 13.3 Å². The first-order valence-corrected chi connectivity index (χ1v) is 11.3. The van der Waals surface area contributed by atoms with Gasteiger partial charge in [0, 0.05) is 24.3 Å². The van der Waals surface area contributed by atoms with Crippen LogP contribution in [0.1, 0.15) is 18.1 Å². The van der Waals surface area contributed by atoms with Crippen molar-refractivity contribution >= 4 is 23.1 Å². The monoisotopic (exact) mass is 456 g/mol. The van der Waals surface area contributed by atoms with Gasteiger partial charge in [-0.2, -0.15) is 0 Å². The van der Waals surface area contributed by atoms with Gasteiger partial charge < -0.3 is 14.4 Å². The van der Waals surface area contributed by atoms with Gasteiger partial charge in [-0.25, -0.2) is 0 Å². The third-order valence-electron chi connectivity index (χ3n) is 5.96. The molecule has 0 spiro atoms. The van der Waals surface area contributed by atoms with E-state index in [-0.39, 0.29) is 18.4 Å². The summed E-state index contributed by atoms with van der Waals surface area (Å²) in [7, 11) is 3.19. The topological polar surface area (TPSA) is 59.1 Å². The molecule has 1 aliphatic heterocycles. The predicted molar refractivity (Wildman–Crippen MR) is 133 cm³/mol. The summed E-state index contributed by atoms with van der Waals surface area (Å²) in [5.74, 6) is 0.704. The minimum atomic E-state index is -0.313. The van der Waals surface area contributed by atoms with Crippen LogP contribution in [0.4, 0.5) is 5.69 Å². The Kier molecular flexibility index (Phi) is 6.97. The fraction of sp³-hybridized carbons (Fsp3) is 0.214. The maximum absolute atomic E-state index is 13.7. The van der Waals surface area contributed by atoms with Crippen LogP contribution in [0.5, 0.6) is 11.5 Å². The van der Waals surface area contributed by atoms with Crippen LogP contribution >= 0.6 is 0 Å². The lowest BCUT2D eigenvalue weighted by Gasteiger charge is -2.25. The maximum atomic E-state index is 13.7. The summed E-state index contributed by atoms with van der Waals surface area (Å²) in [6.07, 6.45) is 0.547. The molecule has 0 aromatic heterocycles. The first-order chi connectivity index (χ1) is 16.6. The van der Waals surface area contributed by atoms with Crippen molar-refractivity contribution in [1.29, 1.82) is 0 Å². The Bertz CT molecular complexity index is 1200. The molecule has 4 rings (SSSR count). The molecule has 0 saturated carbocycles. The number of methoxy groups -OCH3 is 2. The van der Waals surface area contributed by atoms with Gasteiger partial charge in [-0.15, -0.1) is 0 Å². The van der Waals surface area contributed by atoms with Crippen molar-refractivity contribution in [3.05, 3.63) is 95.7 Å². The number of carbonyl (C=O) groups excluding carboxylic acids is 2. The molecular weight excluding hydrogens is 428 g/mol. The maximum Gasteiger partial charge on any atom is 0.278 e. The van der Waals surface area contributed by atoms with Crippen LogP contribution in [0.3, 0.4) is 0 Å². The highest BCUT2D eigenvalue weighted by Gasteiger charge is 2.42. The largest absolute Gasteiger partial charge is 0.497 e. The number of imide groups is 1. The van der Waals surface area contributed by atoms with E-state index in [2.05, 4.69) is 0 Å². The molecule has 34 heavy (non-hydrogen) atoms. The van der Waals surface area contributed by atoms with Crippen molar-refractivity contribution < 1.29 is 19.1 Å². The number of nitrogens with zero attached hydrogens (tertiary/aromatic N) is 2. The average molecular weight is 457 g/mol. The fourth-order valence-electron chi connectivity index (χ4n) is 4.22. The molecule has 0 radical (unpaired) electrons. The minimum Gasteiger partial charge on any atom is -0.497 e. The summed E-state index contributed by atoms with van der Waals surface area (Å²) < 4.78 is 10.8. The van der Waals surface area contributed by atoms with E-state index in [1.54, 1.807) is 20.3 Å². The number of anilines is 1. The van der Waals surface area contributed by atoms with Crippen molar-refractivity contribution in [2.75, 3.05) is 32.2 Å². The summed E-state index contributed by atoms with van der Waals surface area (Å²) in [5, 5.41) is 0. The van der Waals surface area contributed by atoms with Gasteiger partial charge in [0.15, 0.2) is 0 Å². The lowest BCUT2D eigenvalue weighted by molar-refractivity contribution is -0.136. The Balaban J connectivity index is 1.74. The lowest BCUT2D eigenvalue weighted by atomic mass is 10.0. The van der Waals surface area contributed by atoms with Gasteiger partial charge in [-0.3, -0.25) is 14.5 Å². The molecule has 0 atom stereocenters. The van der Waals surface area contributed by atoms with Crippen molar-refractivity contribution in [1.82, 2.24) is 4.90 Å². The third-order valence-corrected chi connectivity index (χ3v) is 5.96. The number of hydrogen-bond acceptors (Lipinski definition) is 5. The molecule has 0 unspecified atom stereocenters. The number of carbonyl (C=O) groups is 2. The second kappa shape index (κ2) is 10.3. The van der Waals surface area contributed by atoms with Crippen LogP contribution in [-0.2, 0) is 16.0 Å². The number of ether oxygens (including phenoxy) is 2. The zero-order valence-electron chi connectivity index (χ0n) is 19.7. The van der Waals surface area contributed by atoms with Gasteiger partial charge in [0.25, 0.3) is 11.8 Å². The van der Waals surface area contributed by atoms with E-state index in [4.69, 9.17) is 9.47 Å². The van der Waals surface area contributed by atoms with Crippen LogP contribution in [0.25, 0.3) is 5.57 Å². The number of amides is 2. The highest BCUT2D eigenvalue weighted by atomic mass is 16.5. The SMILES string of the molecule is CCN(C1=C(c2ccccc2OC)C(=O)N(CCc2ccc(OC)cc2)C1=O)c1ccccc1. The van der Waals surface area contributed by atoms with Gasteiger partial charge in [0.05, 0.1) is 19.8 Å². The van der Waals surface area contributed by atoms with E-state index >= 15 is 0 Å². The third kappa shape index (κ3) is 4.39. The molecule has 0 aliphatic carbocycles. The van der Waals surface area contributed by atoms with Crippen LogP contribution in [0.2, 0.25) is 0 Å². The average Bonchev–Trinajstić information content (AvgIpc) is 3.13. The number of para-hydroxylation sites is 2. The van der Waals surface area contributed by atoms with E-state index in [0.29, 0.717) is 35.5 Å². The molecule has 0 saturated heterocycles. The van der Waals surface area contributed by atoms with Crippen LogP contribution < -0.4 is 14.4 Å². The number of hydrogen-bond donors (Lipinski definition) is 0. The second-order valence-corrected chi connectivity index (χ2v) is 7.86. The molecular formula is C28H28N2O4. The molecule has 174 valence electrons. The zero-order chi connectivity index (χ0) is 24.1. The molecule has 6 heteroatoms. The quantitative estimate of drug-likeness (QED) is 0.442. The summed E-state index contributed by atoms with van der Waals surface area (Å²) >= 11 is 0. The van der Waals surface area contributed by atoms with Gasteiger partial charge in [0.2, 0.25) is 0 Å². The summed E-state index contributed by atoms with van der Waals surface area (Å²) in [6.45, 7) is 2.78. The standard InChI is InChI=1S/C28H28N2O4/c1-4-29(21-10-6-5-7-11-21)26-25(23-12-8-9-13-24(23)34-3)27(31)30(28(26)32)19-18-20-14-16-22(33-2)17-15-20/h5-17H,4,18-19H2,1-3H3. The van der Waals surface area contributed by atoms with Gasteiger partial charge >= 0.3 is 0 Å². The first-order valence-electron chi connectivity index (χ1n) is 11.3. The van der Waals surface area contributed by atoms with E-state index in [1.807, 2.05) is 84.6 Å². The van der Waals surface area contributed by atoms with Crippen LogP contribution in [-0.4, -0.2) is 44.0 Å². The Morgan fingerprint density at radius 1 is 0.794 bits per heavy atom. The predicted octanol–water partition coefficient (Wildman–Crippen LogP) is 4.55. The number of rotatable bonds is 9. The van der Waals surface area contributed by atoms with Crippen molar-refractivity contribution in [3.63, 3.8) is 0 Å². The Morgan fingerprint density at radius 3 is 2.12 bits per heavy atom. The van der Waals surface area contributed by atoms with Gasteiger partial charge in [-0.05, 0) is 49.2 Å². The summed E-state index contributed by atoms with van der Waals surface area (Å²) in [6, 6.07) is 24.6. The molecule has 0 bridgehead atoms. The molecule has 3 aromatic carbocycles. The summed E-state index contributed by atoms with van der Waals surface area (Å²) in [5.41, 5.74) is 3.22. The van der Waals surface area contributed by atoms with Crippen molar-refractivity contribution in [3.8, 4) is 11.5 Å². The zero-order valence-corrected chi connectivity index (χ0v) is 19.7. The second-order valence-electron chi connectivity index (χ2n) is 7.86. The first kappa shape index (κ1) is 23.1. The molecule has 6 nitrogen and oxygen atoms in total. The van der Waals surface area contributed by atoms with Crippen LogP contribution in [0, 0.1) is 0 Å². The molecule has 0 N–H and O–H groups in total. The van der Waals surface area contributed by atoms with Crippen LogP contribution in [0.15, 0.2) is 84.6 Å². The van der Waals surface area contributed by atoms with E-state index in [9.17, 15) is 9.59 Å². The fourth-order valence-corrected chi connectivity index (χ4v) is 4.22. The lowest BCUT2D eigenvalue weighted by Crippen LogP contribution is -2.36. The van der Waals surface area contributed by atoms with E-state index < -0.39 is 0 Å². The van der Waals surface area contributed by atoms with Gasteiger partial charge in [-0.1, -0.05) is 48.5 Å². The van der Waals surface area contributed by atoms with E-state index in [0.717, 1.165) is 17.0 Å². The molecule has 1 heterocycles. The molecule has 3 aromatic rings.